The lowest BCUT2D eigenvalue weighted by Gasteiger charge is -2.21. The van der Waals surface area contributed by atoms with Gasteiger partial charge in [-0.05, 0) is 31.0 Å². The van der Waals surface area contributed by atoms with Crippen LogP contribution in [0, 0.1) is 0 Å². The van der Waals surface area contributed by atoms with E-state index in [1.165, 1.54) is 21.3 Å². The van der Waals surface area contributed by atoms with Crippen molar-refractivity contribution in [1.82, 2.24) is 9.97 Å². The first-order valence-electron chi connectivity index (χ1n) is 10.2. The first-order chi connectivity index (χ1) is 15.4. The second kappa shape index (κ2) is 10.1. The van der Waals surface area contributed by atoms with E-state index >= 15 is 0 Å². The van der Waals surface area contributed by atoms with Gasteiger partial charge in [-0.15, -0.1) is 0 Å². The minimum absolute atomic E-state index is 0.142. The molecule has 11 heteroatoms. The first kappa shape index (κ1) is 23.1. The van der Waals surface area contributed by atoms with Crippen LogP contribution in [0.2, 0.25) is 0 Å². The van der Waals surface area contributed by atoms with Gasteiger partial charge >= 0.3 is 18.0 Å². The summed E-state index contributed by atoms with van der Waals surface area (Å²) in [5.41, 5.74) is 8.16. The molecule has 0 radical (unpaired) electrons. The molecule has 3 rings (SSSR count). The van der Waals surface area contributed by atoms with E-state index in [0.717, 1.165) is 6.42 Å². The molecule has 5 N–H and O–H groups in total. The van der Waals surface area contributed by atoms with Crippen molar-refractivity contribution in [2.24, 2.45) is 5.73 Å². The highest BCUT2D eigenvalue weighted by Gasteiger charge is 2.27. The minimum atomic E-state index is -0.650. The summed E-state index contributed by atoms with van der Waals surface area (Å²) in [7, 11) is 3.85. The maximum Gasteiger partial charge on any atom is 0.411 e. The van der Waals surface area contributed by atoms with Crippen LogP contribution in [0.5, 0.6) is 0 Å². The van der Waals surface area contributed by atoms with Crippen molar-refractivity contribution in [2.75, 3.05) is 32.0 Å². The SMILES string of the molecule is COC(=O)Nc1ccc2c(c1)NC(C(=O)OC)CCCC[C@H](N)c1nc-2c(C(=O)OC)[nH]1. The van der Waals surface area contributed by atoms with Crippen LogP contribution in [0.15, 0.2) is 18.2 Å². The maximum atomic E-state index is 12.5. The monoisotopic (exact) mass is 445 g/mol. The summed E-state index contributed by atoms with van der Waals surface area (Å²) < 4.78 is 14.5. The predicted molar refractivity (Wildman–Crippen MR) is 116 cm³/mol. The van der Waals surface area contributed by atoms with E-state index in [2.05, 4.69) is 25.3 Å². The van der Waals surface area contributed by atoms with Gasteiger partial charge < -0.3 is 30.2 Å². The van der Waals surface area contributed by atoms with Gasteiger partial charge in [0, 0.05) is 16.9 Å². The Bertz CT molecular complexity index is 1000. The average Bonchev–Trinajstić information content (AvgIpc) is 3.24. The molecule has 1 aromatic heterocycles. The third-order valence-corrected chi connectivity index (χ3v) is 5.24. The van der Waals surface area contributed by atoms with Crippen LogP contribution in [0.25, 0.3) is 11.3 Å². The van der Waals surface area contributed by atoms with E-state index in [9.17, 15) is 14.4 Å². The van der Waals surface area contributed by atoms with E-state index in [0.29, 0.717) is 47.7 Å². The van der Waals surface area contributed by atoms with E-state index in [1.807, 2.05) is 0 Å². The predicted octanol–water partition coefficient (Wildman–Crippen LogP) is 2.57. The Hall–Kier alpha value is -3.60. The number of H-pyrrole nitrogens is 1. The summed E-state index contributed by atoms with van der Waals surface area (Å²) in [5, 5.41) is 5.77. The van der Waals surface area contributed by atoms with Crippen molar-refractivity contribution in [3.63, 3.8) is 0 Å². The van der Waals surface area contributed by atoms with Gasteiger partial charge in [-0.25, -0.2) is 19.4 Å². The molecular formula is C21H27N5O6. The Morgan fingerprint density at radius 2 is 1.84 bits per heavy atom. The number of ether oxygens (including phenoxy) is 3. The van der Waals surface area contributed by atoms with E-state index in [1.54, 1.807) is 18.2 Å². The third kappa shape index (κ3) is 4.99. The van der Waals surface area contributed by atoms with Crippen molar-refractivity contribution in [1.29, 1.82) is 0 Å². The maximum absolute atomic E-state index is 12.5. The Labute approximate surface area is 185 Å². The number of hydrogen-bond donors (Lipinski definition) is 4. The third-order valence-electron chi connectivity index (χ3n) is 5.24. The zero-order valence-electron chi connectivity index (χ0n) is 18.2. The lowest BCUT2D eigenvalue weighted by molar-refractivity contribution is -0.141. The fourth-order valence-electron chi connectivity index (χ4n) is 3.56. The van der Waals surface area contributed by atoms with Crippen molar-refractivity contribution in [2.45, 2.75) is 37.8 Å². The molecule has 1 aliphatic heterocycles. The van der Waals surface area contributed by atoms with Gasteiger partial charge in [-0.1, -0.05) is 12.8 Å². The number of esters is 2. The lowest BCUT2D eigenvalue weighted by Crippen LogP contribution is -2.31. The molecule has 1 unspecified atom stereocenters. The van der Waals surface area contributed by atoms with Gasteiger partial charge in [0.2, 0.25) is 0 Å². The van der Waals surface area contributed by atoms with Crippen LogP contribution in [-0.2, 0) is 19.0 Å². The number of nitrogens with zero attached hydrogens (tertiary/aromatic N) is 1. The molecule has 172 valence electrons. The van der Waals surface area contributed by atoms with Crippen LogP contribution < -0.4 is 16.4 Å². The van der Waals surface area contributed by atoms with Crippen LogP contribution in [0.1, 0.15) is 48.0 Å². The fraction of sp³-hybridized carbons (Fsp3) is 0.429. The molecule has 0 fully saturated rings. The summed E-state index contributed by atoms with van der Waals surface area (Å²) >= 11 is 0. The van der Waals surface area contributed by atoms with Gasteiger partial charge in [0.1, 0.15) is 17.6 Å². The number of imidazole rings is 1. The smallest absolute Gasteiger partial charge is 0.411 e. The Balaban J connectivity index is 2.17. The summed E-state index contributed by atoms with van der Waals surface area (Å²) in [4.78, 5) is 44.1. The van der Waals surface area contributed by atoms with Gasteiger partial charge in [-0.2, -0.15) is 0 Å². The number of hydrogen-bond acceptors (Lipinski definition) is 9. The lowest BCUT2D eigenvalue weighted by atomic mass is 10.0. The quantitative estimate of drug-likeness (QED) is 0.411. The molecule has 11 nitrogen and oxygen atoms in total. The number of rotatable bonds is 3. The zero-order chi connectivity index (χ0) is 23.3. The molecule has 2 aromatic rings. The molecule has 0 spiro atoms. The molecular weight excluding hydrogens is 418 g/mol. The van der Waals surface area contributed by atoms with Crippen LogP contribution in [0.3, 0.4) is 0 Å². The molecule has 2 atom stereocenters. The molecule has 1 aliphatic rings. The highest BCUT2D eigenvalue weighted by atomic mass is 16.5. The number of methoxy groups -OCH3 is 3. The topological polar surface area (TPSA) is 158 Å². The van der Waals surface area contributed by atoms with Crippen molar-refractivity contribution >= 4 is 29.4 Å². The van der Waals surface area contributed by atoms with Gasteiger partial charge in [0.05, 0.1) is 27.4 Å². The number of amides is 1. The number of nitrogens with one attached hydrogen (secondary N) is 3. The number of benzene rings is 1. The molecule has 2 bridgehead atoms. The van der Waals surface area contributed by atoms with Crippen molar-refractivity contribution in [3.05, 3.63) is 29.7 Å². The summed E-state index contributed by atoms with van der Waals surface area (Å²) in [5.74, 6) is -0.569. The molecule has 0 saturated carbocycles. The Morgan fingerprint density at radius 3 is 2.53 bits per heavy atom. The van der Waals surface area contributed by atoms with Gasteiger partial charge in [0.15, 0.2) is 5.69 Å². The Kier molecular flexibility index (Phi) is 7.31. The van der Waals surface area contributed by atoms with Gasteiger partial charge in [-0.3, -0.25) is 5.32 Å². The Morgan fingerprint density at radius 1 is 1.09 bits per heavy atom. The molecule has 0 aliphatic carbocycles. The fourth-order valence-corrected chi connectivity index (χ4v) is 3.56. The van der Waals surface area contributed by atoms with Crippen LogP contribution in [-0.4, -0.2) is 55.4 Å². The normalized spacial score (nSPS) is 18.1. The second-order valence-electron chi connectivity index (χ2n) is 7.33. The second-order valence-corrected chi connectivity index (χ2v) is 7.33. The number of anilines is 2. The van der Waals surface area contributed by atoms with Crippen LogP contribution in [0.4, 0.5) is 16.2 Å². The molecule has 1 aromatic carbocycles. The highest BCUT2D eigenvalue weighted by Crippen LogP contribution is 2.35. The average molecular weight is 445 g/mol. The number of carbonyl (C=O) groups is 3. The van der Waals surface area contributed by atoms with Crippen molar-refractivity contribution < 1.29 is 28.6 Å². The largest absolute Gasteiger partial charge is 0.467 e. The standard InChI is InChI=1S/C21H27N5O6/c1-30-19(27)14-7-5-4-6-13(22)18-25-16(17(26-18)20(28)31-2)12-9-8-11(10-15(12)24-14)23-21(29)32-3/h8-10,13-14,24H,4-7,22H2,1-3H3,(H,23,29)(H,25,26)/t13-,14?/m0/s1. The van der Waals surface area contributed by atoms with Crippen LogP contribution >= 0.6 is 0 Å². The number of nitrogens with two attached hydrogens (primary N) is 1. The number of aromatic nitrogens is 2. The molecule has 1 amide bonds. The minimum Gasteiger partial charge on any atom is -0.467 e. The van der Waals surface area contributed by atoms with E-state index < -0.39 is 30.1 Å². The van der Waals surface area contributed by atoms with Crippen molar-refractivity contribution in [3.8, 4) is 11.3 Å². The zero-order valence-corrected chi connectivity index (χ0v) is 18.2. The first-order valence-corrected chi connectivity index (χ1v) is 10.2. The summed E-state index contributed by atoms with van der Waals surface area (Å²) in [6.07, 6.45) is 1.95. The van der Waals surface area contributed by atoms with E-state index in [-0.39, 0.29) is 5.69 Å². The van der Waals surface area contributed by atoms with E-state index in [4.69, 9.17) is 15.2 Å². The number of aromatic amines is 1. The summed E-state index contributed by atoms with van der Waals surface area (Å²) in [6.45, 7) is 0. The molecule has 0 saturated heterocycles. The molecule has 2 heterocycles. The van der Waals surface area contributed by atoms with Gasteiger partial charge in [0.25, 0.3) is 0 Å². The number of carbonyl (C=O) groups excluding carboxylic acids is 3. The summed E-state index contributed by atoms with van der Waals surface area (Å²) in [6, 6.07) is 3.86. The number of fused-ring (bicyclic) bond motifs is 4. The molecule has 32 heavy (non-hydrogen) atoms. The highest BCUT2D eigenvalue weighted by molar-refractivity contribution is 5.98.